The molecule has 0 heterocycles. The maximum absolute atomic E-state index is 7.23. The summed E-state index contributed by atoms with van der Waals surface area (Å²) in [4.78, 5) is 0. The van der Waals surface area contributed by atoms with E-state index in [1.807, 2.05) is 42.5 Å². The van der Waals surface area contributed by atoms with Gasteiger partial charge in [-0.3, -0.25) is 0 Å². The molecule has 0 saturated carbocycles. The highest BCUT2D eigenvalue weighted by Gasteiger charge is 2.53. The van der Waals surface area contributed by atoms with Crippen molar-refractivity contribution in [1.82, 2.24) is 0 Å². The number of hydrogen-bond acceptors (Lipinski definition) is 2. The lowest BCUT2D eigenvalue weighted by Gasteiger charge is -2.46. The topological polar surface area (TPSA) is 52.0 Å². The highest BCUT2D eigenvalue weighted by atomic mass is 14.7. The second kappa shape index (κ2) is 13.2. The third kappa shape index (κ3) is 5.29. The minimum Gasteiger partial charge on any atom is -0.398 e. The second-order valence-electron chi connectivity index (χ2n) is 16.1. The zero-order valence-electron chi connectivity index (χ0n) is 32.3. The molecule has 1 spiro atoms. The van der Waals surface area contributed by atoms with Crippen molar-refractivity contribution in [2.24, 2.45) is 11.5 Å². The normalized spacial score (nSPS) is 14.7. The Morgan fingerprint density at radius 2 is 0.877 bits per heavy atom. The Morgan fingerprint density at radius 3 is 1.47 bits per heavy atom. The molecule has 0 fully saturated rings. The summed E-state index contributed by atoms with van der Waals surface area (Å²) in [5.41, 5.74) is 31.6. The average molecular weight is 733 g/mol. The molecule has 0 saturated heterocycles. The van der Waals surface area contributed by atoms with Gasteiger partial charge in [-0.25, -0.2) is 0 Å². The molecule has 10 rings (SSSR count). The molecule has 4 N–H and O–H groups in total. The van der Waals surface area contributed by atoms with E-state index in [4.69, 9.17) is 11.5 Å². The van der Waals surface area contributed by atoms with Crippen molar-refractivity contribution in [1.29, 1.82) is 0 Å². The summed E-state index contributed by atoms with van der Waals surface area (Å²) in [6.45, 7) is 4.74. The molecule has 0 bridgehead atoms. The first-order valence-corrected chi connectivity index (χ1v) is 19.8. The van der Waals surface area contributed by atoms with Gasteiger partial charge in [0, 0.05) is 11.1 Å². The molecule has 2 aliphatic carbocycles. The number of benzene rings is 8. The molecule has 0 aromatic heterocycles. The van der Waals surface area contributed by atoms with Crippen LogP contribution in [0.3, 0.4) is 0 Å². The molecule has 0 atom stereocenters. The molecule has 0 unspecified atom stereocenters. The lowest BCUT2D eigenvalue weighted by atomic mass is 9.55. The van der Waals surface area contributed by atoms with Gasteiger partial charge in [-0.05, 0) is 108 Å². The van der Waals surface area contributed by atoms with Crippen molar-refractivity contribution >= 4 is 5.70 Å². The van der Waals surface area contributed by atoms with Gasteiger partial charge in [0.25, 0.3) is 0 Å². The quantitative estimate of drug-likeness (QED) is 0.179. The summed E-state index contributed by atoms with van der Waals surface area (Å²) >= 11 is 0. The number of rotatable bonds is 6. The molecule has 2 heteroatoms. The van der Waals surface area contributed by atoms with Gasteiger partial charge in [0.2, 0.25) is 0 Å². The minimum atomic E-state index is -0.898. The van der Waals surface area contributed by atoms with Crippen molar-refractivity contribution < 1.29 is 0 Å². The van der Waals surface area contributed by atoms with E-state index in [1.54, 1.807) is 0 Å². The van der Waals surface area contributed by atoms with Crippen molar-refractivity contribution in [3.63, 3.8) is 0 Å². The first kappa shape index (κ1) is 34.7. The fourth-order valence-corrected chi connectivity index (χ4v) is 9.89. The number of nitrogens with two attached hydrogens (primary N) is 2. The van der Waals surface area contributed by atoms with Crippen molar-refractivity contribution in [2.75, 3.05) is 0 Å². The maximum atomic E-state index is 7.23. The van der Waals surface area contributed by atoms with Gasteiger partial charge in [-0.15, -0.1) is 0 Å². The predicted octanol–water partition coefficient (Wildman–Crippen LogP) is 12.2. The first-order chi connectivity index (χ1) is 27.8. The van der Waals surface area contributed by atoms with E-state index < -0.39 is 11.0 Å². The predicted molar refractivity (Wildman–Crippen MR) is 237 cm³/mol. The van der Waals surface area contributed by atoms with Crippen LogP contribution in [0.5, 0.6) is 0 Å². The monoisotopic (exact) mass is 732 g/mol. The molecule has 57 heavy (non-hydrogen) atoms. The molecule has 0 amide bonds. The Hall–Kier alpha value is -6.74. The SMILES string of the molecule is CC1(C)c2ccccc2C2(c3ccccc3-c3cc(-c4cccc(-c5cccc(/C(N)=C/C(N)(c6ccccc6)c6ccccc6)c5)c4)ccc32)c2ccccc21. The van der Waals surface area contributed by atoms with E-state index >= 15 is 0 Å². The smallest absolute Gasteiger partial charge is 0.0875 e. The van der Waals surface area contributed by atoms with Gasteiger partial charge >= 0.3 is 0 Å². The summed E-state index contributed by atoms with van der Waals surface area (Å²) in [6, 6.07) is 72.0. The highest BCUT2D eigenvalue weighted by molar-refractivity contribution is 5.91. The molecule has 2 aliphatic rings. The number of fused-ring (bicyclic) bond motifs is 9. The first-order valence-electron chi connectivity index (χ1n) is 19.8. The Labute approximate surface area is 335 Å². The van der Waals surface area contributed by atoms with Crippen LogP contribution in [-0.2, 0) is 16.4 Å². The van der Waals surface area contributed by atoms with Gasteiger partial charge < -0.3 is 11.5 Å². The van der Waals surface area contributed by atoms with Crippen molar-refractivity contribution in [3.05, 3.63) is 256 Å². The van der Waals surface area contributed by atoms with Gasteiger partial charge in [-0.2, -0.15) is 0 Å². The van der Waals surface area contributed by atoms with Crippen LogP contribution >= 0.6 is 0 Å². The van der Waals surface area contributed by atoms with E-state index in [2.05, 4.69) is 178 Å². The van der Waals surface area contributed by atoms with Crippen LogP contribution in [-0.4, -0.2) is 0 Å². The third-order valence-electron chi connectivity index (χ3n) is 12.7. The van der Waals surface area contributed by atoms with Gasteiger partial charge in [0.15, 0.2) is 0 Å². The maximum Gasteiger partial charge on any atom is 0.0875 e. The third-order valence-corrected chi connectivity index (χ3v) is 12.7. The zero-order chi connectivity index (χ0) is 38.8. The molecule has 274 valence electrons. The van der Waals surface area contributed by atoms with Crippen LogP contribution in [0, 0.1) is 0 Å². The molecule has 2 nitrogen and oxygen atoms in total. The van der Waals surface area contributed by atoms with E-state index in [1.165, 1.54) is 55.6 Å². The average Bonchev–Trinajstić information content (AvgIpc) is 3.56. The summed E-state index contributed by atoms with van der Waals surface area (Å²) in [6.07, 6.45) is 1.99. The Kier molecular flexibility index (Phi) is 8.04. The molecule has 0 radical (unpaired) electrons. The summed E-state index contributed by atoms with van der Waals surface area (Å²) in [7, 11) is 0. The zero-order valence-corrected chi connectivity index (χ0v) is 32.3. The number of hydrogen-bond donors (Lipinski definition) is 2. The fourth-order valence-electron chi connectivity index (χ4n) is 9.89. The van der Waals surface area contributed by atoms with Crippen LogP contribution in [0.1, 0.15) is 63.9 Å². The molecular weight excluding hydrogens is 689 g/mol. The van der Waals surface area contributed by atoms with Crippen LogP contribution in [0.2, 0.25) is 0 Å². The van der Waals surface area contributed by atoms with Crippen LogP contribution < -0.4 is 11.5 Å². The van der Waals surface area contributed by atoms with E-state index in [0.29, 0.717) is 5.70 Å². The lowest BCUT2D eigenvalue weighted by molar-refractivity contribution is 0.563. The fraction of sp³-hybridized carbons (Fsp3) is 0.0909. The van der Waals surface area contributed by atoms with Crippen molar-refractivity contribution in [3.8, 4) is 33.4 Å². The minimum absolute atomic E-state index is 0.120. The second-order valence-corrected chi connectivity index (χ2v) is 16.1. The van der Waals surface area contributed by atoms with Crippen LogP contribution in [0.15, 0.2) is 206 Å². The highest BCUT2D eigenvalue weighted by Crippen LogP contribution is 2.62. The lowest BCUT2D eigenvalue weighted by Crippen LogP contribution is -2.40. The van der Waals surface area contributed by atoms with Crippen LogP contribution in [0.25, 0.3) is 39.1 Å². The Balaban J connectivity index is 1.06. The van der Waals surface area contributed by atoms with Gasteiger partial charge in [0.05, 0.1) is 11.0 Å². The van der Waals surface area contributed by atoms with Crippen LogP contribution in [0.4, 0.5) is 0 Å². The standard InChI is InChI=1S/C55H44N2/c1-53(2)48-27-11-13-29-50(48)55(51-30-14-12-28-49(51)53)46-26-10-9-25-44(46)45-35-40(31-32-47(45)55)38-18-15-17-37(33-38)39-19-16-20-41(34-39)52(56)36-54(57,42-21-5-3-6-22-42)43-23-7-4-8-24-43/h3-36H,56-57H2,1-2H3/b52-36-. The van der Waals surface area contributed by atoms with E-state index in [0.717, 1.165) is 27.8 Å². The summed E-state index contributed by atoms with van der Waals surface area (Å²) < 4.78 is 0. The molecule has 0 aliphatic heterocycles. The molecular formula is C55H44N2. The Bertz CT molecular complexity index is 2760. The van der Waals surface area contributed by atoms with Crippen molar-refractivity contribution in [2.45, 2.75) is 30.2 Å². The molecule has 8 aromatic carbocycles. The van der Waals surface area contributed by atoms with Gasteiger partial charge in [-0.1, -0.05) is 196 Å². The summed E-state index contributed by atoms with van der Waals surface area (Å²) in [5.74, 6) is 0. The molecule has 8 aromatic rings. The van der Waals surface area contributed by atoms with E-state index in [9.17, 15) is 0 Å². The summed E-state index contributed by atoms with van der Waals surface area (Å²) in [5, 5.41) is 0. The largest absolute Gasteiger partial charge is 0.398 e. The van der Waals surface area contributed by atoms with Gasteiger partial charge in [0.1, 0.15) is 0 Å². The van der Waals surface area contributed by atoms with E-state index in [-0.39, 0.29) is 5.41 Å². The Morgan fingerprint density at radius 1 is 0.421 bits per heavy atom.